The van der Waals surface area contributed by atoms with E-state index in [0.717, 1.165) is 6.04 Å². The van der Waals surface area contributed by atoms with E-state index in [9.17, 15) is 0 Å². The molecule has 1 aliphatic heterocycles. The molecule has 1 fully saturated rings. The Morgan fingerprint density at radius 2 is 2.00 bits per heavy atom. The Morgan fingerprint density at radius 1 is 1.36 bits per heavy atom. The average Bonchev–Trinajstić information content (AvgIpc) is 2.55. The van der Waals surface area contributed by atoms with Gasteiger partial charge in [0.15, 0.2) is 0 Å². The van der Waals surface area contributed by atoms with Crippen LogP contribution in [0.3, 0.4) is 0 Å². The topological polar surface area (TPSA) is 12.0 Å². The van der Waals surface area contributed by atoms with E-state index < -0.39 is 0 Å². The molecule has 0 radical (unpaired) electrons. The van der Waals surface area contributed by atoms with Crippen molar-refractivity contribution >= 4 is 0 Å². The molecule has 1 saturated heterocycles. The largest absolute Gasteiger partial charge is 0.313 e. The predicted molar refractivity (Wildman–Crippen MR) is 49.7 cm³/mol. The van der Waals surface area contributed by atoms with E-state index in [4.69, 9.17) is 0 Å². The minimum Gasteiger partial charge on any atom is -0.313 e. The van der Waals surface area contributed by atoms with E-state index in [1.54, 1.807) is 0 Å². The molecule has 66 valence electrons. The van der Waals surface area contributed by atoms with Crippen molar-refractivity contribution in [3.63, 3.8) is 0 Å². The number of hydrogen-bond acceptors (Lipinski definition) is 1. The van der Waals surface area contributed by atoms with Crippen LogP contribution < -0.4 is 5.32 Å². The highest BCUT2D eigenvalue weighted by Gasteiger charge is 2.32. The normalized spacial score (nSPS) is 25.9. The Labute approximate surface area is 70.6 Å². The molecule has 0 bridgehead atoms. The van der Waals surface area contributed by atoms with Crippen LogP contribution in [0.25, 0.3) is 0 Å². The molecule has 1 heteroatoms. The molecule has 0 aliphatic carbocycles. The van der Waals surface area contributed by atoms with Crippen LogP contribution in [0.5, 0.6) is 0 Å². The SMILES string of the molecule is CCC(C)(CC)C1CCCN1. The molecule has 1 atom stereocenters. The van der Waals surface area contributed by atoms with Crippen molar-refractivity contribution in [2.24, 2.45) is 5.41 Å². The second-order valence-electron chi connectivity index (χ2n) is 4.01. The summed E-state index contributed by atoms with van der Waals surface area (Å²) in [6.45, 7) is 8.27. The third kappa shape index (κ3) is 1.76. The van der Waals surface area contributed by atoms with E-state index in [0.29, 0.717) is 5.41 Å². The zero-order valence-corrected chi connectivity index (χ0v) is 8.11. The molecule has 0 amide bonds. The fourth-order valence-electron chi connectivity index (χ4n) is 2.02. The Kier molecular flexibility index (Phi) is 2.94. The van der Waals surface area contributed by atoms with Crippen molar-refractivity contribution in [2.75, 3.05) is 6.54 Å². The molecule has 1 heterocycles. The van der Waals surface area contributed by atoms with Crippen molar-refractivity contribution in [1.29, 1.82) is 0 Å². The van der Waals surface area contributed by atoms with Gasteiger partial charge in [0.25, 0.3) is 0 Å². The molecular formula is C10H21N. The Balaban J connectivity index is 2.52. The maximum atomic E-state index is 3.60. The van der Waals surface area contributed by atoms with E-state index in [1.165, 1.54) is 32.2 Å². The average molecular weight is 155 g/mol. The third-order valence-electron chi connectivity index (χ3n) is 3.52. The van der Waals surface area contributed by atoms with Crippen molar-refractivity contribution in [3.8, 4) is 0 Å². The molecule has 11 heavy (non-hydrogen) atoms. The molecule has 0 aromatic heterocycles. The van der Waals surface area contributed by atoms with Crippen molar-refractivity contribution in [1.82, 2.24) is 5.32 Å². The third-order valence-corrected chi connectivity index (χ3v) is 3.52. The van der Waals surface area contributed by atoms with Crippen LogP contribution >= 0.6 is 0 Å². The zero-order valence-electron chi connectivity index (χ0n) is 8.11. The van der Waals surface area contributed by atoms with Gasteiger partial charge in [-0.25, -0.2) is 0 Å². The molecule has 1 N–H and O–H groups in total. The summed E-state index contributed by atoms with van der Waals surface area (Å²) in [6.07, 6.45) is 5.38. The highest BCUT2D eigenvalue weighted by Crippen LogP contribution is 2.33. The van der Waals surface area contributed by atoms with Crippen LogP contribution in [0.2, 0.25) is 0 Å². The summed E-state index contributed by atoms with van der Waals surface area (Å²) in [4.78, 5) is 0. The van der Waals surface area contributed by atoms with Gasteiger partial charge in [-0.15, -0.1) is 0 Å². The number of rotatable bonds is 3. The van der Waals surface area contributed by atoms with Crippen LogP contribution in [0.4, 0.5) is 0 Å². The fourth-order valence-corrected chi connectivity index (χ4v) is 2.02. The van der Waals surface area contributed by atoms with Gasteiger partial charge >= 0.3 is 0 Å². The Bertz CT molecular complexity index is 110. The van der Waals surface area contributed by atoms with Gasteiger partial charge in [0.05, 0.1) is 0 Å². The van der Waals surface area contributed by atoms with Gasteiger partial charge < -0.3 is 5.32 Å². The smallest absolute Gasteiger partial charge is 0.0121 e. The van der Waals surface area contributed by atoms with E-state index in [2.05, 4.69) is 26.1 Å². The highest BCUT2D eigenvalue weighted by atomic mass is 15.0. The summed E-state index contributed by atoms with van der Waals surface area (Å²) in [6, 6.07) is 0.789. The van der Waals surface area contributed by atoms with Gasteiger partial charge in [0.2, 0.25) is 0 Å². The molecular weight excluding hydrogens is 134 g/mol. The minimum absolute atomic E-state index is 0.552. The maximum absolute atomic E-state index is 3.60. The number of nitrogens with one attached hydrogen (secondary N) is 1. The minimum atomic E-state index is 0.552. The van der Waals surface area contributed by atoms with Gasteiger partial charge in [-0.1, -0.05) is 20.8 Å². The van der Waals surface area contributed by atoms with E-state index in [1.807, 2.05) is 0 Å². The molecule has 1 unspecified atom stereocenters. The van der Waals surface area contributed by atoms with Crippen LogP contribution in [0, 0.1) is 5.41 Å². The van der Waals surface area contributed by atoms with Gasteiger partial charge in [-0.3, -0.25) is 0 Å². The van der Waals surface area contributed by atoms with Gasteiger partial charge in [-0.2, -0.15) is 0 Å². The van der Waals surface area contributed by atoms with Gasteiger partial charge in [0, 0.05) is 6.04 Å². The second kappa shape index (κ2) is 3.57. The summed E-state index contributed by atoms with van der Waals surface area (Å²) < 4.78 is 0. The molecule has 0 aromatic rings. The number of hydrogen-bond donors (Lipinski definition) is 1. The highest BCUT2D eigenvalue weighted by molar-refractivity contribution is 4.89. The van der Waals surface area contributed by atoms with Crippen LogP contribution in [-0.2, 0) is 0 Å². The molecule has 0 aromatic carbocycles. The lowest BCUT2D eigenvalue weighted by Gasteiger charge is -2.33. The lowest BCUT2D eigenvalue weighted by atomic mass is 9.77. The quantitative estimate of drug-likeness (QED) is 0.660. The maximum Gasteiger partial charge on any atom is 0.0121 e. The van der Waals surface area contributed by atoms with Crippen LogP contribution in [0.1, 0.15) is 46.5 Å². The summed E-state index contributed by atoms with van der Waals surface area (Å²) in [5.41, 5.74) is 0.552. The zero-order chi connectivity index (χ0) is 8.32. The lowest BCUT2D eigenvalue weighted by molar-refractivity contribution is 0.214. The van der Waals surface area contributed by atoms with Crippen molar-refractivity contribution < 1.29 is 0 Å². The first-order valence-electron chi connectivity index (χ1n) is 4.96. The second-order valence-corrected chi connectivity index (χ2v) is 4.01. The molecule has 0 spiro atoms. The summed E-state index contributed by atoms with van der Waals surface area (Å²) >= 11 is 0. The molecule has 1 rings (SSSR count). The van der Waals surface area contributed by atoms with Crippen molar-refractivity contribution in [3.05, 3.63) is 0 Å². The Morgan fingerprint density at radius 3 is 2.36 bits per heavy atom. The lowest BCUT2D eigenvalue weighted by Crippen LogP contribution is -2.38. The summed E-state index contributed by atoms with van der Waals surface area (Å²) in [5.74, 6) is 0. The first-order chi connectivity index (χ1) is 5.23. The monoisotopic (exact) mass is 155 g/mol. The van der Waals surface area contributed by atoms with Crippen LogP contribution in [0.15, 0.2) is 0 Å². The standard InChI is InChI=1S/C10H21N/c1-4-10(3,5-2)9-7-6-8-11-9/h9,11H,4-8H2,1-3H3. The first kappa shape index (κ1) is 9.05. The molecule has 1 aliphatic rings. The fraction of sp³-hybridized carbons (Fsp3) is 1.00. The summed E-state index contributed by atoms with van der Waals surface area (Å²) in [5, 5.41) is 3.60. The predicted octanol–water partition coefficient (Wildman–Crippen LogP) is 2.56. The van der Waals surface area contributed by atoms with Crippen LogP contribution in [-0.4, -0.2) is 12.6 Å². The van der Waals surface area contributed by atoms with Crippen molar-refractivity contribution in [2.45, 2.75) is 52.5 Å². The van der Waals surface area contributed by atoms with Gasteiger partial charge in [-0.05, 0) is 37.6 Å². The first-order valence-corrected chi connectivity index (χ1v) is 4.96. The molecule has 1 nitrogen and oxygen atoms in total. The summed E-state index contributed by atoms with van der Waals surface area (Å²) in [7, 11) is 0. The Hall–Kier alpha value is -0.0400. The van der Waals surface area contributed by atoms with Gasteiger partial charge in [0.1, 0.15) is 0 Å². The van der Waals surface area contributed by atoms with E-state index in [-0.39, 0.29) is 0 Å². The van der Waals surface area contributed by atoms with E-state index >= 15 is 0 Å². The molecule has 0 saturated carbocycles.